The molecule has 4 heteroatoms. The Morgan fingerprint density at radius 1 is 1.09 bits per heavy atom. The molecular weight excluding hydrogens is 358 g/mol. The Morgan fingerprint density at radius 3 is 2.68 bits per heavy atom. The van der Waals surface area contributed by atoms with Crippen LogP contribution in [-0.2, 0) is 12.8 Å². The first-order valence-corrected chi connectivity index (χ1v) is 8.89. The molecule has 1 aliphatic rings. The fourth-order valence-corrected chi connectivity index (χ4v) is 4.90. The Balaban J connectivity index is 1.93. The predicted octanol–water partition coefficient (Wildman–Crippen LogP) is 4.97. The fraction of sp³-hybridized carbons (Fsp3) is 0.167. The molecule has 0 aliphatic heterocycles. The van der Waals surface area contributed by atoms with Crippen LogP contribution in [0.2, 0.25) is 0 Å². The second-order valence-corrected chi connectivity index (χ2v) is 7.56. The smallest absolute Gasteiger partial charge is 0.196 e. The second kappa shape index (κ2) is 5.21. The zero-order chi connectivity index (χ0) is 15.3. The molecule has 0 bridgehead atoms. The van der Waals surface area contributed by atoms with Crippen molar-refractivity contribution in [3.63, 3.8) is 0 Å². The molecule has 22 heavy (non-hydrogen) atoms. The maximum absolute atomic E-state index is 13.1. The number of halogens is 1. The summed E-state index contributed by atoms with van der Waals surface area (Å²) in [6.07, 6.45) is 3.15. The van der Waals surface area contributed by atoms with Crippen molar-refractivity contribution in [2.24, 2.45) is 0 Å². The first-order chi connectivity index (χ1) is 10.7. The first kappa shape index (κ1) is 14.0. The van der Waals surface area contributed by atoms with Crippen LogP contribution in [-0.4, -0.2) is 5.78 Å². The van der Waals surface area contributed by atoms with Gasteiger partial charge in [-0.15, -0.1) is 11.3 Å². The van der Waals surface area contributed by atoms with Gasteiger partial charge in [-0.25, -0.2) is 0 Å². The number of carbonyl (C=O) groups excluding carboxylic acids is 1. The van der Waals surface area contributed by atoms with Crippen molar-refractivity contribution >= 4 is 48.8 Å². The van der Waals surface area contributed by atoms with Crippen molar-refractivity contribution in [1.82, 2.24) is 0 Å². The standard InChI is InChI=1S/C18H14BrNOS/c19-14-9-8-12(10-4-1-2-5-11(10)14)17(21)16-13-6-3-7-15(13)22-18(16)20/h1-2,4-5,8-9H,3,6-7,20H2. The molecule has 1 aliphatic carbocycles. The summed E-state index contributed by atoms with van der Waals surface area (Å²) in [6.45, 7) is 0. The SMILES string of the molecule is Nc1sc2c(c1C(=O)c1ccc(Br)c3ccccc13)CCC2. The number of rotatable bonds is 2. The van der Waals surface area contributed by atoms with Gasteiger partial charge in [0, 0.05) is 14.9 Å². The van der Waals surface area contributed by atoms with E-state index >= 15 is 0 Å². The van der Waals surface area contributed by atoms with Gasteiger partial charge >= 0.3 is 0 Å². The highest BCUT2D eigenvalue weighted by Gasteiger charge is 2.26. The Kier molecular flexibility index (Phi) is 3.31. The van der Waals surface area contributed by atoms with E-state index in [1.807, 2.05) is 36.4 Å². The largest absolute Gasteiger partial charge is 0.390 e. The summed E-state index contributed by atoms with van der Waals surface area (Å²) in [5.74, 6) is 0.0561. The quantitative estimate of drug-likeness (QED) is 0.646. The molecule has 0 unspecified atom stereocenters. The van der Waals surface area contributed by atoms with Gasteiger partial charge < -0.3 is 5.73 Å². The van der Waals surface area contributed by atoms with Gasteiger partial charge in [0.15, 0.2) is 5.78 Å². The van der Waals surface area contributed by atoms with Gasteiger partial charge in [-0.2, -0.15) is 0 Å². The third-order valence-corrected chi connectivity index (χ3v) is 6.10. The minimum Gasteiger partial charge on any atom is -0.390 e. The number of hydrogen-bond acceptors (Lipinski definition) is 3. The molecule has 0 saturated heterocycles. The number of benzene rings is 2. The van der Waals surface area contributed by atoms with E-state index in [-0.39, 0.29) is 5.78 Å². The van der Waals surface area contributed by atoms with Gasteiger partial charge in [0.05, 0.1) is 10.6 Å². The van der Waals surface area contributed by atoms with Crippen LogP contribution in [0.15, 0.2) is 40.9 Å². The molecule has 1 aromatic heterocycles. The number of hydrogen-bond donors (Lipinski definition) is 1. The highest BCUT2D eigenvalue weighted by molar-refractivity contribution is 9.10. The van der Waals surface area contributed by atoms with E-state index in [1.54, 1.807) is 11.3 Å². The summed E-state index contributed by atoms with van der Waals surface area (Å²) in [6, 6.07) is 11.8. The minimum atomic E-state index is 0.0561. The topological polar surface area (TPSA) is 43.1 Å². The molecule has 4 rings (SSSR count). The van der Waals surface area contributed by atoms with E-state index in [2.05, 4.69) is 15.9 Å². The molecule has 0 fully saturated rings. The molecular formula is C18H14BrNOS. The van der Waals surface area contributed by atoms with Crippen molar-refractivity contribution in [1.29, 1.82) is 0 Å². The Morgan fingerprint density at radius 2 is 1.86 bits per heavy atom. The normalized spacial score (nSPS) is 13.5. The fourth-order valence-electron chi connectivity index (χ4n) is 3.27. The van der Waals surface area contributed by atoms with Gasteiger partial charge in [0.1, 0.15) is 0 Å². The highest BCUT2D eigenvalue weighted by Crippen LogP contribution is 2.39. The number of carbonyl (C=O) groups is 1. The number of nitrogens with two attached hydrogens (primary N) is 1. The number of thiophene rings is 1. The van der Waals surface area contributed by atoms with Gasteiger partial charge in [0.25, 0.3) is 0 Å². The summed E-state index contributed by atoms with van der Waals surface area (Å²) in [4.78, 5) is 14.4. The van der Waals surface area contributed by atoms with Crippen molar-refractivity contribution in [2.45, 2.75) is 19.3 Å². The van der Waals surface area contributed by atoms with Crippen molar-refractivity contribution < 1.29 is 4.79 Å². The molecule has 1 heterocycles. The monoisotopic (exact) mass is 371 g/mol. The summed E-state index contributed by atoms with van der Waals surface area (Å²) < 4.78 is 1.00. The molecule has 3 aromatic rings. The third kappa shape index (κ3) is 2.02. The molecule has 2 N–H and O–H groups in total. The van der Waals surface area contributed by atoms with Crippen LogP contribution in [0.3, 0.4) is 0 Å². The van der Waals surface area contributed by atoms with E-state index in [0.29, 0.717) is 5.00 Å². The van der Waals surface area contributed by atoms with Crippen LogP contribution in [0, 0.1) is 0 Å². The molecule has 110 valence electrons. The van der Waals surface area contributed by atoms with Gasteiger partial charge in [-0.1, -0.05) is 40.2 Å². The van der Waals surface area contributed by atoms with Gasteiger partial charge in [-0.05, 0) is 47.7 Å². The highest BCUT2D eigenvalue weighted by atomic mass is 79.9. The predicted molar refractivity (Wildman–Crippen MR) is 95.8 cm³/mol. The van der Waals surface area contributed by atoms with Crippen LogP contribution in [0.1, 0.15) is 32.8 Å². The van der Waals surface area contributed by atoms with Crippen molar-refractivity contribution in [2.75, 3.05) is 5.73 Å². The lowest BCUT2D eigenvalue weighted by molar-refractivity contribution is 0.104. The van der Waals surface area contributed by atoms with E-state index < -0.39 is 0 Å². The molecule has 0 spiro atoms. The maximum atomic E-state index is 13.1. The van der Waals surface area contributed by atoms with Crippen LogP contribution < -0.4 is 5.73 Å². The molecule has 0 saturated carbocycles. The van der Waals surface area contributed by atoms with Crippen molar-refractivity contribution in [3.8, 4) is 0 Å². The Hall–Kier alpha value is -1.65. The summed E-state index contributed by atoms with van der Waals surface area (Å²) in [5, 5.41) is 2.69. The molecule has 0 radical (unpaired) electrons. The Labute approximate surface area is 141 Å². The summed E-state index contributed by atoms with van der Waals surface area (Å²) >= 11 is 5.14. The van der Waals surface area contributed by atoms with Gasteiger partial charge in [-0.3, -0.25) is 4.79 Å². The average molecular weight is 372 g/mol. The number of nitrogen functional groups attached to an aromatic ring is 1. The first-order valence-electron chi connectivity index (χ1n) is 7.29. The molecule has 2 aromatic carbocycles. The zero-order valence-corrected chi connectivity index (χ0v) is 14.3. The summed E-state index contributed by atoms with van der Waals surface area (Å²) in [7, 11) is 0. The maximum Gasteiger partial charge on any atom is 0.196 e. The van der Waals surface area contributed by atoms with E-state index in [0.717, 1.165) is 45.6 Å². The van der Waals surface area contributed by atoms with Crippen LogP contribution in [0.5, 0.6) is 0 Å². The van der Waals surface area contributed by atoms with Crippen LogP contribution in [0.4, 0.5) is 5.00 Å². The number of anilines is 1. The summed E-state index contributed by atoms with van der Waals surface area (Å²) in [5.41, 5.74) is 8.81. The number of fused-ring (bicyclic) bond motifs is 2. The van der Waals surface area contributed by atoms with Crippen LogP contribution >= 0.6 is 27.3 Å². The average Bonchev–Trinajstić information content (AvgIpc) is 3.07. The third-order valence-electron chi connectivity index (χ3n) is 4.29. The van der Waals surface area contributed by atoms with Gasteiger partial charge in [0.2, 0.25) is 0 Å². The lowest BCUT2D eigenvalue weighted by Crippen LogP contribution is -2.06. The second-order valence-electron chi connectivity index (χ2n) is 5.57. The van der Waals surface area contributed by atoms with E-state index in [9.17, 15) is 4.79 Å². The molecule has 0 atom stereocenters. The molecule has 2 nitrogen and oxygen atoms in total. The zero-order valence-electron chi connectivity index (χ0n) is 11.9. The minimum absolute atomic E-state index is 0.0561. The lowest BCUT2D eigenvalue weighted by Gasteiger charge is -2.08. The molecule has 0 amide bonds. The lowest BCUT2D eigenvalue weighted by atomic mass is 9.95. The number of ketones is 1. The van der Waals surface area contributed by atoms with E-state index in [1.165, 1.54) is 10.4 Å². The van der Waals surface area contributed by atoms with E-state index in [4.69, 9.17) is 5.73 Å². The van der Waals surface area contributed by atoms with Crippen molar-refractivity contribution in [3.05, 3.63) is 62.4 Å². The van der Waals surface area contributed by atoms with Crippen LogP contribution in [0.25, 0.3) is 10.8 Å². The Bertz CT molecular complexity index is 913. The number of aryl methyl sites for hydroxylation is 1.